The van der Waals surface area contributed by atoms with E-state index in [2.05, 4.69) is 19.1 Å². The highest BCUT2D eigenvalue weighted by atomic mass is 16.3. The van der Waals surface area contributed by atoms with Crippen LogP contribution in [-0.2, 0) is 0 Å². The van der Waals surface area contributed by atoms with Crippen LogP contribution in [0.15, 0.2) is 12.2 Å². The number of allylic oxidation sites excluding steroid dienone is 2. The molecule has 0 bridgehead atoms. The summed E-state index contributed by atoms with van der Waals surface area (Å²) in [5.74, 6) is 0.426. The zero-order valence-corrected chi connectivity index (χ0v) is 13.3. The van der Waals surface area contributed by atoms with Crippen molar-refractivity contribution in [3.63, 3.8) is 0 Å². The molecule has 0 heterocycles. The molecule has 1 rings (SSSR count). The highest BCUT2D eigenvalue weighted by molar-refractivity contribution is 4.81. The molecule has 0 aromatic rings. The molecule has 0 amide bonds. The van der Waals surface area contributed by atoms with E-state index in [9.17, 15) is 10.2 Å². The smallest absolute Gasteiger partial charge is 0.0542 e. The Kier molecular flexibility index (Phi) is 10.0. The van der Waals surface area contributed by atoms with Crippen LogP contribution in [0.25, 0.3) is 0 Å². The van der Waals surface area contributed by atoms with Crippen LogP contribution < -0.4 is 0 Å². The number of hydrogen-bond donors (Lipinski definition) is 2. The van der Waals surface area contributed by atoms with Gasteiger partial charge in [-0.1, -0.05) is 44.8 Å². The molecule has 0 fully saturated rings. The van der Waals surface area contributed by atoms with Gasteiger partial charge in [0.05, 0.1) is 12.2 Å². The lowest BCUT2D eigenvalue weighted by atomic mass is 9.93. The number of rotatable bonds is 0. The highest BCUT2D eigenvalue weighted by Crippen LogP contribution is 2.20. The van der Waals surface area contributed by atoms with Crippen LogP contribution >= 0.6 is 0 Å². The molecule has 0 aromatic heterocycles. The first-order chi connectivity index (χ1) is 9.68. The lowest BCUT2D eigenvalue weighted by Crippen LogP contribution is -2.17. The van der Waals surface area contributed by atoms with E-state index < -0.39 is 0 Å². The number of hydrogen-bond acceptors (Lipinski definition) is 2. The van der Waals surface area contributed by atoms with E-state index >= 15 is 0 Å². The predicted molar refractivity (Wildman–Crippen MR) is 85.7 cm³/mol. The minimum Gasteiger partial charge on any atom is -0.393 e. The van der Waals surface area contributed by atoms with Crippen molar-refractivity contribution in [3.8, 4) is 0 Å². The third-order valence-corrected chi connectivity index (χ3v) is 4.33. The monoisotopic (exact) mass is 282 g/mol. The Hall–Kier alpha value is -0.340. The van der Waals surface area contributed by atoms with E-state index in [1.165, 1.54) is 32.1 Å². The zero-order chi connectivity index (χ0) is 14.6. The molecule has 3 atom stereocenters. The molecule has 2 N–H and O–H groups in total. The molecule has 3 unspecified atom stereocenters. The molecule has 0 saturated carbocycles. The van der Waals surface area contributed by atoms with Gasteiger partial charge in [0.2, 0.25) is 0 Å². The molecule has 0 spiro atoms. The standard InChI is InChI=1S/C18H34O2/c1-16-14-17(19)12-10-8-6-4-2-3-5-7-9-11-13-18(20)15-16/h2,4,16-20H,3,5-15H2,1H3/b4-2-. The van der Waals surface area contributed by atoms with Crippen LogP contribution in [0.2, 0.25) is 0 Å². The van der Waals surface area contributed by atoms with Gasteiger partial charge in [0.15, 0.2) is 0 Å². The minimum atomic E-state index is -0.183. The normalized spacial score (nSPS) is 34.2. The molecule has 0 saturated heterocycles. The maximum Gasteiger partial charge on any atom is 0.0542 e. The van der Waals surface area contributed by atoms with E-state index in [-0.39, 0.29) is 12.2 Å². The van der Waals surface area contributed by atoms with Crippen LogP contribution in [0, 0.1) is 5.92 Å². The molecule has 1 aliphatic carbocycles. The van der Waals surface area contributed by atoms with Crippen LogP contribution in [0.3, 0.4) is 0 Å². The van der Waals surface area contributed by atoms with Crippen molar-refractivity contribution in [1.82, 2.24) is 0 Å². The third-order valence-electron chi connectivity index (χ3n) is 4.33. The summed E-state index contributed by atoms with van der Waals surface area (Å²) in [6.45, 7) is 2.16. The van der Waals surface area contributed by atoms with Gasteiger partial charge >= 0.3 is 0 Å². The Morgan fingerprint density at radius 2 is 1.15 bits per heavy atom. The van der Waals surface area contributed by atoms with Crippen molar-refractivity contribution in [2.24, 2.45) is 5.92 Å². The van der Waals surface area contributed by atoms with Gasteiger partial charge < -0.3 is 10.2 Å². The van der Waals surface area contributed by atoms with Crippen LogP contribution in [0.5, 0.6) is 0 Å². The van der Waals surface area contributed by atoms with Crippen molar-refractivity contribution in [2.45, 2.75) is 96.2 Å². The molecule has 20 heavy (non-hydrogen) atoms. The summed E-state index contributed by atoms with van der Waals surface area (Å²) in [6, 6.07) is 0. The van der Waals surface area contributed by atoms with Crippen molar-refractivity contribution in [3.05, 3.63) is 12.2 Å². The summed E-state index contributed by atoms with van der Waals surface area (Å²) in [7, 11) is 0. The molecule has 0 aliphatic heterocycles. The van der Waals surface area contributed by atoms with E-state index in [4.69, 9.17) is 0 Å². The lowest BCUT2D eigenvalue weighted by Gasteiger charge is -2.19. The van der Waals surface area contributed by atoms with Crippen LogP contribution in [0.4, 0.5) is 0 Å². The first kappa shape index (κ1) is 17.7. The second kappa shape index (κ2) is 11.3. The van der Waals surface area contributed by atoms with Crippen molar-refractivity contribution in [2.75, 3.05) is 0 Å². The molecule has 1 aliphatic rings. The van der Waals surface area contributed by atoms with Gasteiger partial charge in [0, 0.05) is 0 Å². The average molecular weight is 282 g/mol. The lowest BCUT2D eigenvalue weighted by molar-refractivity contribution is 0.0964. The number of aliphatic hydroxyl groups is 2. The quantitative estimate of drug-likeness (QED) is 0.638. The molecular formula is C18H34O2. The predicted octanol–water partition coefficient (Wildman–Crippen LogP) is 4.60. The van der Waals surface area contributed by atoms with Gasteiger partial charge in [-0.05, 0) is 57.3 Å². The number of aliphatic hydroxyl groups excluding tert-OH is 2. The first-order valence-electron chi connectivity index (χ1n) is 8.69. The Balaban J connectivity index is 2.34. The van der Waals surface area contributed by atoms with E-state index in [0.717, 1.165) is 44.9 Å². The van der Waals surface area contributed by atoms with Gasteiger partial charge in [-0.2, -0.15) is 0 Å². The molecule has 0 radical (unpaired) electrons. The molecule has 2 heteroatoms. The molecule has 118 valence electrons. The Bertz CT molecular complexity index is 250. The van der Waals surface area contributed by atoms with E-state index in [1.54, 1.807) is 0 Å². The van der Waals surface area contributed by atoms with Gasteiger partial charge in [0.1, 0.15) is 0 Å². The highest BCUT2D eigenvalue weighted by Gasteiger charge is 2.14. The average Bonchev–Trinajstić information content (AvgIpc) is 2.39. The summed E-state index contributed by atoms with van der Waals surface area (Å²) in [4.78, 5) is 0. The summed E-state index contributed by atoms with van der Waals surface area (Å²) in [5, 5.41) is 20.1. The van der Waals surface area contributed by atoms with Crippen molar-refractivity contribution in [1.29, 1.82) is 0 Å². The molecule has 2 nitrogen and oxygen atoms in total. The SMILES string of the molecule is CC1CC(O)CCCC/C=C\CCCCCCC(O)C1. The van der Waals surface area contributed by atoms with Gasteiger partial charge in [-0.15, -0.1) is 0 Å². The van der Waals surface area contributed by atoms with Crippen molar-refractivity contribution < 1.29 is 10.2 Å². The summed E-state index contributed by atoms with van der Waals surface area (Å²) in [6.07, 6.45) is 17.4. The largest absolute Gasteiger partial charge is 0.393 e. The second-order valence-electron chi connectivity index (χ2n) is 6.63. The maximum atomic E-state index is 10.0. The summed E-state index contributed by atoms with van der Waals surface area (Å²) < 4.78 is 0. The zero-order valence-electron chi connectivity index (χ0n) is 13.3. The van der Waals surface area contributed by atoms with Crippen LogP contribution in [0.1, 0.15) is 84.0 Å². The maximum absolute atomic E-state index is 10.0. The fourth-order valence-electron chi connectivity index (χ4n) is 3.13. The van der Waals surface area contributed by atoms with Gasteiger partial charge in [-0.25, -0.2) is 0 Å². The third kappa shape index (κ3) is 9.55. The van der Waals surface area contributed by atoms with Gasteiger partial charge in [0.25, 0.3) is 0 Å². The Morgan fingerprint density at radius 3 is 1.75 bits per heavy atom. The minimum absolute atomic E-state index is 0.173. The summed E-state index contributed by atoms with van der Waals surface area (Å²) >= 11 is 0. The Labute approximate surface area is 125 Å². The fraction of sp³-hybridized carbons (Fsp3) is 0.889. The topological polar surface area (TPSA) is 40.5 Å². The molecular weight excluding hydrogens is 248 g/mol. The summed E-state index contributed by atoms with van der Waals surface area (Å²) in [5.41, 5.74) is 0. The van der Waals surface area contributed by atoms with Crippen LogP contribution in [-0.4, -0.2) is 22.4 Å². The van der Waals surface area contributed by atoms with E-state index in [0.29, 0.717) is 5.92 Å². The molecule has 0 aromatic carbocycles. The van der Waals surface area contributed by atoms with E-state index in [1.807, 2.05) is 0 Å². The van der Waals surface area contributed by atoms with Crippen molar-refractivity contribution >= 4 is 0 Å². The first-order valence-corrected chi connectivity index (χ1v) is 8.69. The second-order valence-corrected chi connectivity index (χ2v) is 6.63. The Morgan fingerprint density at radius 1 is 0.700 bits per heavy atom. The fourth-order valence-corrected chi connectivity index (χ4v) is 3.13. The van der Waals surface area contributed by atoms with Gasteiger partial charge in [-0.3, -0.25) is 0 Å².